The van der Waals surface area contributed by atoms with Gasteiger partial charge in [0, 0.05) is 18.3 Å². The van der Waals surface area contributed by atoms with Crippen LogP contribution in [0.5, 0.6) is 0 Å². The lowest BCUT2D eigenvalue weighted by Gasteiger charge is -2.09. The van der Waals surface area contributed by atoms with Gasteiger partial charge in [0.25, 0.3) is 0 Å². The minimum atomic E-state index is -0.981. The fraction of sp³-hybridized carbons (Fsp3) is 0.667. The fourth-order valence-corrected chi connectivity index (χ4v) is 0.763. The predicted octanol–water partition coefficient (Wildman–Crippen LogP) is 1.63. The van der Waals surface area contributed by atoms with Crippen molar-refractivity contribution in [1.82, 2.24) is 0 Å². The Kier molecular flexibility index (Phi) is 12.4. The third-order valence-electron chi connectivity index (χ3n) is 0.830. The molecule has 1 N–H and O–H groups in total. The summed E-state index contributed by atoms with van der Waals surface area (Å²) in [6.07, 6.45) is 1.44. The molecule has 0 aliphatic rings. The van der Waals surface area contributed by atoms with E-state index in [9.17, 15) is 4.79 Å². The van der Waals surface area contributed by atoms with E-state index in [-0.39, 0.29) is 15.9 Å². The van der Waals surface area contributed by atoms with Gasteiger partial charge in [-0.1, -0.05) is 6.58 Å². The lowest BCUT2D eigenvalue weighted by atomic mass is 10.5. The highest BCUT2D eigenvalue weighted by Gasteiger charge is 2.01. The number of hydrogen-bond acceptors (Lipinski definition) is 3. The molecule has 0 aromatic carbocycles. The van der Waals surface area contributed by atoms with Gasteiger partial charge >= 0.3 is 21.9 Å². The third kappa shape index (κ3) is 22.6. The maximum atomic E-state index is 9.25. The standard InChI is InChI=1S/C3H4O2.2C3H7O.Al/c1-2-3(4)5;2*1-3(2)4;/h2H,1H2,(H,4,5);2*3H,1-2H3;/q;2*-1;+2. The molecule has 0 fully saturated rings. The van der Waals surface area contributed by atoms with E-state index >= 15 is 0 Å². The molecule has 0 amide bonds. The molecule has 0 rings (SSSR count). The molecule has 0 heterocycles. The van der Waals surface area contributed by atoms with Crippen molar-refractivity contribution in [2.45, 2.75) is 39.9 Å². The Labute approximate surface area is 92.3 Å². The van der Waals surface area contributed by atoms with Crippen LogP contribution < -0.4 is 0 Å². The van der Waals surface area contributed by atoms with Crippen LogP contribution in [-0.2, 0) is 12.4 Å². The molecule has 0 saturated heterocycles. The van der Waals surface area contributed by atoms with Gasteiger partial charge < -0.3 is 12.7 Å². The van der Waals surface area contributed by atoms with E-state index in [1.807, 2.05) is 27.7 Å². The average molecular weight is 217 g/mol. The molecular formula is C9H18AlO4. The zero-order chi connectivity index (χ0) is 11.6. The summed E-state index contributed by atoms with van der Waals surface area (Å²) in [7, 11) is 0. The Balaban J connectivity index is 0. The average Bonchev–Trinajstić information content (AvgIpc) is 2.04. The van der Waals surface area contributed by atoms with E-state index < -0.39 is 5.97 Å². The number of carboxylic acid groups (broad SMARTS) is 1. The number of aliphatic carboxylic acids is 1. The molecule has 0 aliphatic carbocycles. The van der Waals surface area contributed by atoms with E-state index in [0.717, 1.165) is 6.08 Å². The van der Waals surface area contributed by atoms with E-state index in [2.05, 4.69) is 6.58 Å². The maximum Gasteiger partial charge on any atom is 0.668 e. The Bertz CT molecular complexity index is 149. The first-order valence-electron chi connectivity index (χ1n) is 4.38. The molecule has 4 nitrogen and oxygen atoms in total. The molecule has 0 aliphatic heterocycles. The zero-order valence-corrected chi connectivity index (χ0v) is 10.3. The molecular weight excluding hydrogens is 199 g/mol. The summed E-state index contributed by atoms with van der Waals surface area (Å²) >= 11 is -0.245. The topological polar surface area (TPSA) is 55.8 Å². The van der Waals surface area contributed by atoms with Crippen LogP contribution in [-0.4, -0.2) is 39.2 Å². The van der Waals surface area contributed by atoms with Crippen molar-refractivity contribution < 1.29 is 17.5 Å². The van der Waals surface area contributed by atoms with Crippen molar-refractivity contribution in [3.8, 4) is 0 Å². The minimum Gasteiger partial charge on any atom is -0.482 e. The number of carboxylic acids is 1. The second-order valence-electron chi connectivity index (χ2n) is 3.01. The van der Waals surface area contributed by atoms with Crippen molar-refractivity contribution >= 4 is 21.9 Å². The van der Waals surface area contributed by atoms with Gasteiger partial charge in [-0.15, -0.1) is 0 Å². The highest BCUT2D eigenvalue weighted by atomic mass is 27.2. The van der Waals surface area contributed by atoms with Crippen LogP contribution in [0.1, 0.15) is 27.7 Å². The van der Waals surface area contributed by atoms with Crippen LogP contribution in [0, 0.1) is 0 Å². The summed E-state index contributed by atoms with van der Waals surface area (Å²) in [5.41, 5.74) is 0. The SMILES string of the molecule is C=CC(=O)O.CC(C)[O][Al][O]C(C)C. The van der Waals surface area contributed by atoms with Gasteiger partial charge in [0.05, 0.1) is 0 Å². The summed E-state index contributed by atoms with van der Waals surface area (Å²) < 4.78 is 10.4. The second-order valence-corrected chi connectivity index (χ2v) is 3.75. The first-order chi connectivity index (χ1) is 6.40. The van der Waals surface area contributed by atoms with Gasteiger partial charge in [0.2, 0.25) is 0 Å². The largest absolute Gasteiger partial charge is 0.668 e. The maximum absolute atomic E-state index is 9.25. The Morgan fingerprint density at radius 1 is 1.29 bits per heavy atom. The van der Waals surface area contributed by atoms with Gasteiger partial charge in [0.15, 0.2) is 0 Å². The third-order valence-corrected chi connectivity index (χ3v) is 2.14. The molecule has 0 saturated carbocycles. The molecule has 1 radical (unpaired) electrons. The fourth-order valence-electron chi connectivity index (χ4n) is 0.254. The summed E-state index contributed by atoms with van der Waals surface area (Å²) in [4.78, 5) is 9.25. The van der Waals surface area contributed by atoms with E-state index in [0.29, 0.717) is 12.2 Å². The van der Waals surface area contributed by atoms with Gasteiger partial charge in [-0.3, -0.25) is 0 Å². The highest BCUT2D eigenvalue weighted by Crippen LogP contribution is 1.89. The summed E-state index contributed by atoms with van der Waals surface area (Å²) in [6.45, 7) is 11.0. The lowest BCUT2D eigenvalue weighted by Crippen LogP contribution is -2.14. The van der Waals surface area contributed by atoms with Crippen molar-refractivity contribution in [2.24, 2.45) is 0 Å². The van der Waals surface area contributed by atoms with E-state index in [1.54, 1.807) is 0 Å². The number of hydrogen-bond donors (Lipinski definition) is 1. The molecule has 0 aromatic heterocycles. The summed E-state index contributed by atoms with van der Waals surface area (Å²) in [5.74, 6) is -0.981. The second kappa shape index (κ2) is 10.7. The quantitative estimate of drug-likeness (QED) is 0.561. The monoisotopic (exact) mass is 217 g/mol. The summed E-state index contributed by atoms with van der Waals surface area (Å²) in [6, 6.07) is 0. The minimum absolute atomic E-state index is 0.245. The van der Waals surface area contributed by atoms with E-state index in [4.69, 9.17) is 12.7 Å². The molecule has 0 atom stereocenters. The normalized spacial score (nSPS) is 9.29. The molecule has 14 heavy (non-hydrogen) atoms. The zero-order valence-electron chi connectivity index (χ0n) is 9.19. The van der Waals surface area contributed by atoms with Gasteiger partial charge in [-0.2, -0.15) is 0 Å². The first-order valence-corrected chi connectivity index (χ1v) is 5.32. The molecule has 81 valence electrons. The number of rotatable bonds is 5. The van der Waals surface area contributed by atoms with Crippen molar-refractivity contribution in [1.29, 1.82) is 0 Å². The number of carbonyl (C=O) groups is 1. The van der Waals surface area contributed by atoms with Crippen LogP contribution >= 0.6 is 0 Å². The molecule has 0 bridgehead atoms. The van der Waals surface area contributed by atoms with Crippen molar-refractivity contribution in [2.75, 3.05) is 0 Å². The predicted molar refractivity (Wildman–Crippen MR) is 56.0 cm³/mol. The highest BCUT2D eigenvalue weighted by molar-refractivity contribution is 6.18. The smallest absolute Gasteiger partial charge is 0.482 e. The van der Waals surface area contributed by atoms with Crippen LogP contribution in [0.25, 0.3) is 0 Å². The van der Waals surface area contributed by atoms with Crippen LogP contribution in [0.4, 0.5) is 0 Å². The molecule has 5 heteroatoms. The Hall–Kier alpha value is -0.338. The lowest BCUT2D eigenvalue weighted by molar-refractivity contribution is -0.131. The van der Waals surface area contributed by atoms with Crippen LogP contribution in [0.2, 0.25) is 0 Å². The van der Waals surface area contributed by atoms with Gasteiger partial charge in [0.1, 0.15) is 0 Å². The first kappa shape index (κ1) is 16.1. The Morgan fingerprint density at radius 2 is 1.57 bits per heavy atom. The Morgan fingerprint density at radius 3 is 1.71 bits per heavy atom. The van der Waals surface area contributed by atoms with Crippen molar-refractivity contribution in [3.05, 3.63) is 12.7 Å². The van der Waals surface area contributed by atoms with Crippen molar-refractivity contribution in [3.63, 3.8) is 0 Å². The van der Waals surface area contributed by atoms with Crippen LogP contribution in [0.15, 0.2) is 12.7 Å². The van der Waals surface area contributed by atoms with Crippen LogP contribution in [0.3, 0.4) is 0 Å². The molecule has 0 aromatic rings. The van der Waals surface area contributed by atoms with Gasteiger partial charge in [-0.05, 0) is 27.7 Å². The summed E-state index contributed by atoms with van der Waals surface area (Å²) in [5, 5.41) is 7.60. The van der Waals surface area contributed by atoms with E-state index in [1.165, 1.54) is 0 Å². The molecule has 0 spiro atoms. The molecule has 0 unspecified atom stereocenters. The van der Waals surface area contributed by atoms with Gasteiger partial charge in [-0.25, -0.2) is 4.79 Å².